The molecule has 1 unspecified atom stereocenters. The lowest BCUT2D eigenvalue weighted by Gasteiger charge is -2.11. The molecule has 0 saturated heterocycles. The molecular formula is C12H18BrNO2S. The first-order chi connectivity index (χ1) is 7.85. The minimum absolute atomic E-state index is 0.0446. The Morgan fingerprint density at radius 2 is 2.06 bits per heavy atom. The van der Waals surface area contributed by atoms with Crippen molar-refractivity contribution in [3.8, 4) is 0 Å². The van der Waals surface area contributed by atoms with Crippen molar-refractivity contribution in [2.75, 3.05) is 11.5 Å². The maximum atomic E-state index is 12.0. The van der Waals surface area contributed by atoms with Crippen molar-refractivity contribution in [2.24, 2.45) is 5.92 Å². The summed E-state index contributed by atoms with van der Waals surface area (Å²) < 4.78 is 24.6. The topological polar surface area (TPSA) is 60.2 Å². The molecule has 0 aliphatic heterocycles. The van der Waals surface area contributed by atoms with Gasteiger partial charge in [-0.05, 0) is 33.5 Å². The highest BCUT2D eigenvalue weighted by Crippen LogP contribution is 2.26. The zero-order valence-corrected chi connectivity index (χ0v) is 12.5. The molecule has 0 bridgehead atoms. The number of halogens is 1. The van der Waals surface area contributed by atoms with Gasteiger partial charge < -0.3 is 5.73 Å². The van der Waals surface area contributed by atoms with E-state index in [2.05, 4.69) is 15.9 Å². The van der Waals surface area contributed by atoms with Crippen molar-refractivity contribution in [2.45, 2.75) is 26.0 Å². The van der Waals surface area contributed by atoms with Gasteiger partial charge in [-0.2, -0.15) is 0 Å². The predicted molar refractivity (Wildman–Crippen MR) is 75.5 cm³/mol. The van der Waals surface area contributed by atoms with E-state index < -0.39 is 9.84 Å². The Hall–Kier alpha value is -0.550. The van der Waals surface area contributed by atoms with E-state index in [-0.39, 0.29) is 17.4 Å². The molecule has 1 atom stereocenters. The number of benzene rings is 1. The van der Waals surface area contributed by atoms with Gasteiger partial charge in [0, 0.05) is 10.2 Å². The number of sulfone groups is 1. The number of nitrogens with two attached hydrogens (primary N) is 1. The molecule has 1 rings (SSSR count). The van der Waals surface area contributed by atoms with Crippen LogP contribution in [0.1, 0.15) is 25.8 Å². The second-order valence-corrected chi connectivity index (χ2v) is 7.29. The van der Waals surface area contributed by atoms with Gasteiger partial charge in [-0.25, -0.2) is 8.42 Å². The Morgan fingerprint density at radius 1 is 1.41 bits per heavy atom. The van der Waals surface area contributed by atoms with Gasteiger partial charge in [-0.15, -0.1) is 0 Å². The van der Waals surface area contributed by atoms with Crippen molar-refractivity contribution in [3.05, 3.63) is 28.2 Å². The molecule has 0 saturated carbocycles. The van der Waals surface area contributed by atoms with Crippen LogP contribution in [-0.4, -0.2) is 14.2 Å². The Labute approximate surface area is 111 Å². The smallest absolute Gasteiger partial charge is 0.154 e. The van der Waals surface area contributed by atoms with Crippen molar-refractivity contribution in [1.82, 2.24) is 0 Å². The van der Waals surface area contributed by atoms with Crippen molar-refractivity contribution >= 4 is 31.5 Å². The third kappa shape index (κ3) is 4.32. The van der Waals surface area contributed by atoms with Gasteiger partial charge in [-0.3, -0.25) is 0 Å². The second-order valence-electron chi connectivity index (χ2n) is 4.39. The van der Waals surface area contributed by atoms with Crippen LogP contribution in [0.15, 0.2) is 22.7 Å². The normalized spacial score (nSPS) is 13.6. The van der Waals surface area contributed by atoms with Gasteiger partial charge in [0.05, 0.1) is 11.5 Å². The highest BCUT2D eigenvalue weighted by Gasteiger charge is 2.17. The second kappa shape index (κ2) is 5.87. The van der Waals surface area contributed by atoms with Crippen molar-refractivity contribution < 1.29 is 8.42 Å². The van der Waals surface area contributed by atoms with Gasteiger partial charge >= 0.3 is 0 Å². The lowest BCUT2D eigenvalue weighted by molar-refractivity contribution is 0.563. The SMILES string of the molecule is CCC(C)CS(=O)(=O)Cc1cccc(N)c1Br. The van der Waals surface area contributed by atoms with Gasteiger partial charge in [0.1, 0.15) is 0 Å². The van der Waals surface area contributed by atoms with E-state index in [9.17, 15) is 8.42 Å². The summed E-state index contributed by atoms with van der Waals surface area (Å²) in [4.78, 5) is 0. The fourth-order valence-electron chi connectivity index (χ4n) is 1.56. The summed E-state index contributed by atoms with van der Waals surface area (Å²) >= 11 is 3.33. The molecule has 17 heavy (non-hydrogen) atoms. The van der Waals surface area contributed by atoms with Crippen LogP contribution in [-0.2, 0) is 15.6 Å². The Morgan fingerprint density at radius 3 is 2.65 bits per heavy atom. The van der Waals surface area contributed by atoms with E-state index in [4.69, 9.17) is 5.73 Å². The van der Waals surface area contributed by atoms with Crippen molar-refractivity contribution in [1.29, 1.82) is 0 Å². The van der Waals surface area contributed by atoms with Crippen LogP contribution in [0.3, 0.4) is 0 Å². The van der Waals surface area contributed by atoms with Gasteiger partial charge in [0.2, 0.25) is 0 Å². The van der Waals surface area contributed by atoms with E-state index in [0.29, 0.717) is 10.2 Å². The van der Waals surface area contributed by atoms with Crippen LogP contribution in [0.2, 0.25) is 0 Å². The minimum Gasteiger partial charge on any atom is -0.398 e. The molecular weight excluding hydrogens is 302 g/mol. The van der Waals surface area contributed by atoms with Crippen LogP contribution < -0.4 is 5.73 Å². The summed E-state index contributed by atoms with van der Waals surface area (Å²) in [6, 6.07) is 5.30. The lowest BCUT2D eigenvalue weighted by atomic mass is 10.2. The number of hydrogen-bond donors (Lipinski definition) is 1. The van der Waals surface area contributed by atoms with Crippen LogP contribution in [0.4, 0.5) is 5.69 Å². The Bertz CT molecular complexity index is 485. The Balaban J connectivity index is 2.87. The molecule has 0 aliphatic carbocycles. The highest BCUT2D eigenvalue weighted by atomic mass is 79.9. The van der Waals surface area contributed by atoms with Crippen molar-refractivity contribution in [3.63, 3.8) is 0 Å². The number of nitrogen functional groups attached to an aromatic ring is 1. The third-order valence-corrected chi connectivity index (χ3v) is 5.51. The molecule has 3 nitrogen and oxygen atoms in total. The maximum absolute atomic E-state index is 12.0. The zero-order chi connectivity index (χ0) is 13.1. The molecule has 0 amide bonds. The average molecular weight is 320 g/mol. The third-order valence-electron chi connectivity index (χ3n) is 2.72. The molecule has 0 radical (unpaired) electrons. The number of rotatable bonds is 5. The van der Waals surface area contributed by atoms with E-state index in [1.807, 2.05) is 13.8 Å². The predicted octanol–water partition coefficient (Wildman–Crippen LogP) is 2.99. The first-order valence-corrected chi connectivity index (χ1v) is 8.20. The fraction of sp³-hybridized carbons (Fsp3) is 0.500. The van der Waals surface area contributed by atoms with Gasteiger partial charge in [0.25, 0.3) is 0 Å². The molecule has 2 N–H and O–H groups in total. The number of hydrogen-bond acceptors (Lipinski definition) is 3. The summed E-state index contributed by atoms with van der Waals surface area (Å²) in [7, 11) is -3.07. The standard InChI is InChI=1S/C12H18BrNO2S/c1-3-9(2)7-17(15,16)8-10-5-4-6-11(14)12(10)13/h4-6,9H,3,7-8,14H2,1-2H3. The van der Waals surface area contributed by atoms with E-state index >= 15 is 0 Å². The summed E-state index contributed by atoms with van der Waals surface area (Å²) in [6.07, 6.45) is 0.872. The molecule has 0 aliphatic rings. The molecule has 0 heterocycles. The monoisotopic (exact) mass is 319 g/mol. The van der Waals surface area contributed by atoms with Crippen LogP contribution >= 0.6 is 15.9 Å². The minimum atomic E-state index is -3.07. The average Bonchev–Trinajstić information content (AvgIpc) is 2.23. The quantitative estimate of drug-likeness (QED) is 0.849. The largest absolute Gasteiger partial charge is 0.398 e. The molecule has 96 valence electrons. The van der Waals surface area contributed by atoms with Gasteiger partial charge in [0.15, 0.2) is 9.84 Å². The van der Waals surface area contributed by atoms with Crippen LogP contribution in [0.5, 0.6) is 0 Å². The summed E-state index contributed by atoms with van der Waals surface area (Å²) in [5.41, 5.74) is 7.03. The first kappa shape index (κ1) is 14.5. The molecule has 5 heteroatoms. The summed E-state index contributed by atoms with van der Waals surface area (Å²) in [5, 5.41) is 0. The number of anilines is 1. The summed E-state index contributed by atoms with van der Waals surface area (Å²) in [5.74, 6) is 0.466. The first-order valence-electron chi connectivity index (χ1n) is 5.59. The maximum Gasteiger partial charge on any atom is 0.154 e. The van der Waals surface area contributed by atoms with E-state index in [1.54, 1.807) is 18.2 Å². The summed E-state index contributed by atoms with van der Waals surface area (Å²) in [6.45, 7) is 3.95. The Kier molecular flexibility index (Phi) is 5.01. The van der Waals surface area contributed by atoms with Crippen LogP contribution in [0.25, 0.3) is 0 Å². The van der Waals surface area contributed by atoms with E-state index in [0.717, 1.165) is 12.0 Å². The zero-order valence-electron chi connectivity index (χ0n) is 10.1. The van der Waals surface area contributed by atoms with Gasteiger partial charge in [-0.1, -0.05) is 32.4 Å². The highest BCUT2D eigenvalue weighted by molar-refractivity contribution is 9.10. The van der Waals surface area contributed by atoms with E-state index in [1.165, 1.54) is 0 Å². The fourth-order valence-corrected chi connectivity index (χ4v) is 4.08. The molecule has 1 aromatic rings. The molecule has 0 fully saturated rings. The molecule has 0 aromatic heterocycles. The molecule has 0 spiro atoms. The molecule has 1 aromatic carbocycles. The van der Waals surface area contributed by atoms with Crippen LogP contribution in [0, 0.1) is 5.92 Å². The lowest BCUT2D eigenvalue weighted by Crippen LogP contribution is -2.15.